The lowest BCUT2D eigenvalue weighted by Gasteiger charge is -2.43. The zero-order valence-corrected chi connectivity index (χ0v) is 15.8. The Hall–Kier alpha value is -2.58. The summed E-state index contributed by atoms with van der Waals surface area (Å²) in [6, 6.07) is 5.77. The van der Waals surface area contributed by atoms with Crippen LogP contribution in [0.4, 0.5) is 5.69 Å². The van der Waals surface area contributed by atoms with E-state index in [4.69, 9.17) is 9.47 Å². The molecule has 148 valence electrons. The van der Waals surface area contributed by atoms with Gasteiger partial charge in [0.15, 0.2) is 11.5 Å². The van der Waals surface area contributed by atoms with Gasteiger partial charge in [-0.15, -0.1) is 0 Å². The highest BCUT2D eigenvalue weighted by Gasteiger charge is 2.50. The number of amides is 1. The number of nitrogens with zero attached hydrogens (tertiary/aromatic N) is 3. The highest BCUT2D eigenvalue weighted by Crippen LogP contribution is 2.45. The van der Waals surface area contributed by atoms with Crippen molar-refractivity contribution in [2.75, 3.05) is 18.7 Å². The number of carbonyl (C=O) groups excluding carboxylic acids is 1. The van der Waals surface area contributed by atoms with Crippen LogP contribution in [0, 0.1) is 0 Å². The van der Waals surface area contributed by atoms with Gasteiger partial charge in [0.1, 0.15) is 11.4 Å². The van der Waals surface area contributed by atoms with E-state index < -0.39 is 5.60 Å². The third kappa shape index (κ3) is 2.93. The van der Waals surface area contributed by atoms with E-state index in [0.717, 1.165) is 12.8 Å². The monoisotopic (exact) mass is 384 g/mol. The van der Waals surface area contributed by atoms with Gasteiger partial charge >= 0.3 is 0 Å². The molecule has 4 heterocycles. The van der Waals surface area contributed by atoms with Crippen molar-refractivity contribution in [1.82, 2.24) is 14.5 Å². The highest BCUT2D eigenvalue weighted by atomic mass is 16.7. The minimum atomic E-state index is -0.922. The van der Waals surface area contributed by atoms with Crippen LogP contribution >= 0.6 is 0 Å². The molecule has 8 nitrogen and oxygen atoms in total. The molecule has 1 aromatic heterocycles. The average molecular weight is 384 g/mol. The van der Waals surface area contributed by atoms with E-state index in [1.807, 2.05) is 23.9 Å². The molecule has 0 aliphatic carbocycles. The molecule has 1 amide bonds. The number of aromatic nitrogens is 2. The van der Waals surface area contributed by atoms with E-state index >= 15 is 0 Å². The molecule has 1 unspecified atom stereocenters. The molecule has 5 rings (SSSR count). The second kappa shape index (κ2) is 6.49. The van der Waals surface area contributed by atoms with Gasteiger partial charge in [0.2, 0.25) is 12.7 Å². The minimum absolute atomic E-state index is 0.0572. The van der Waals surface area contributed by atoms with Crippen molar-refractivity contribution in [3.63, 3.8) is 0 Å². The maximum absolute atomic E-state index is 12.6. The van der Waals surface area contributed by atoms with E-state index in [1.165, 1.54) is 0 Å². The van der Waals surface area contributed by atoms with Gasteiger partial charge in [0.05, 0.1) is 6.54 Å². The van der Waals surface area contributed by atoms with Crippen LogP contribution in [0.2, 0.25) is 0 Å². The Morgan fingerprint density at radius 1 is 1.29 bits per heavy atom. The molecule has 28 heavy (non-hydrogen) atoms. The standard InChI is InChI=1S/C20H24N4O4/c1-23-7-6-21-19(23)20(26)9-14-3-4-15(10-20)24(14)11-18(25)22-13-2-5-16-17(8-13)28-12-27-16/h2,5-8,14-15,26H,3-4,9-12H2,1H3,(H,22,25)/t14-,15+,20?. The zero-order valence-electron chi connectivity index (χ0n) is 15.8. The van der Waals surface area contributed by atoms with E-state index in [0.29, 0.717) is 42.4 Å². The number of aryl methyl sites for hydroxylation is 1. The van der Waals surface area contributed by atoms with Gasteiger partial charge in [-0.1, -0.05) is 0 Å². The fourth-order valence-electron chi connectivity index (χ4n) is 4.91. The number of fused-ring (bicyclic) bond motifs is 3. The first kappa shape index (κ1) is 17.5. The SMILES string of the molecule is Cn1ccnc1C1(O)C[C@H]2CC[C@@H](C1)N2CC(=O)Nc1ccc2c(c1)OCO2. The first-order chi connectivity index (χ1) is 13.5. The number of hydrogen-bond acceptors (Lipinski definition) is 6. The summed E-state index contributed by atoms with van der Waals surface area (Å²) in [5.41, 5.74) is -0.225. The summed E-state index contributed by atoms with van der Waals surface area (Å²) in [5.74, 6) is 2.00. The summed E-state index contributed by atoms with van der Waals surface area (Å²) in [6.07, 6.45) is 6.78. The van der Waals surface area contributed by atoms with Gasteiger partial charge in [-0.2, -0.15) is 0 Å². The molecule has 3 aliphatic rings. The highest BCUT2D eigenvalue weighted by molar-refractivity contribution is 5.92. The van der Waals surface area contributed by atoms with Crippen LogP contribution in [0.15, 0.2) is 30.6 Å². The second-order valence-corrected chi connectivity index (χ2v) is 7.98. The first-order valence-corrected chi connectivity index (χ1v) is 9.67. The van der Waals surface area contributed by atoms with Crippen molar-refractivity contribution in [3.8, 4) is 11.5 Å². The molecular weight excluding hydrogens is 360 g/mol. The van der Waals surface area contributed by atoms with Gasteiger partial charge in [-0.25, -0.2) is 4.98 Å². The molecular formula is C20H24N4O4. The van der Waals surface area contributed by atoms with Gasteiger partial charge in [0.25, 0.3) is 0 Å². The topological polar surface area (TPSA) is 88.9 Å². The number of carbonyl (C=O) groups is 1. The molecule has 2 N–H and O–H groups in total. The van der Waals surface area contributed by atoms with Crippen LogP contribution < -0.4 is 14.8 Å². The maximum atomic E-state index is 12.6. The summed E-state index contributed by atoms with van der Waals surface area (Å²) in [7, 11) is 1.91. The van der Waals surface area contributed by atoms with Crippen LogP contribution in [-0.2, 0) is 17.4 Å². The number of nitrogens with one attached hydrogen (secondary N) is 1. The van der Waals surface area contributed by atoms with Gasteiger partial charge in [-0.05, 0) is 37.8 Å². The van der Waals surface area contributed by atoms with Gasteiger partial charge in [0, 0.05) is 43.3 Å². The van der Waals surface area contributed by atoms with Crippen LogP contribution in [0.5, 0.6) is 11.5 Å². The second-order valence-electron chi connectivity index (χ2n) is 7.98. The molecule has 2 fully saturated rings. The fraction of sp³-hybridized carbons (Fsp3) is 0.500. The molecule has 0 saturated carbocycles. The lowest BCUT2D eigenvalue weighted by atomic mass is 9.85. The van der Waals surface area contributed by atoms with E-state index in [1.54, 1.807) is 18.3 Å². The third-order valence-corrected chi connectivity index (χ3v) is 6.14. The van der Waals surface area contributed by atoms with E-state index in [-0.39, 0.29) is 24.8 Å². The molecule has 0 radical (unpaired) electrons. The molecule has 0 spiro atoms. The van der Waals surface area contributed by atoms with Crippen molar-refractivity contribution in [2.45, 2.75) is 43.4 Å². The summed E-state index contributed by atoms with van der Waals surface area (Å²) < 4.78 is 12.6. The van der Waals surface area contributed by atoms with Gasteiger partial charge in [-0.3, -0.25) is 9.69 Å². The Labute approximate surface area is 163 Å². The minimum Gasteiger partial charge on any atom is -0.454 e. The lowest BCUT2D eigenvalue weighted by molar-refractivity contribution is -0.121. The largest absolute Gasteiger partial charge is 0.454 e. The van der Waals surface area contributed by atoms with Crippen molar-refractivity contribution >= 4 is 11.6 Å². The smallest absolute Gasteiger partial charge is 0.238 e. The van der Waals surface area contributed by atoms with Crippen molar-refractivity contribution in [1.29, 1.82) is 0 Å². The molecule has 3 aliphatic heterocycles. The van der Waals surface area contributed by atoms with Crippen molar-refractivity contribution < 1.29 is 19.4 Å². The molecule has 3 atom stereocenters. The summed E-state index contributed by atoms with van der Waals surface area (Å²) >= 11 is 0. The Morgan fingerprint density at radius 2 is 2.04 bits per heavy atom. The van der Waals surface area contributed by atoms with Crippen LogP contribution in [-0.4, -0.2) is 50.9 Å². The first-order valence-electron chi connectivity index (χ1n) is 9.67. The predicted octanol–water partition coefficient (Wildman–Crippen LogP) is 1.60. The number of benzene rings is 1. The van der Waals surface area contributed by atoms with Gasteiger partial charge < -0.3 is 24.5 Å². The molecule has 1 aromatic carbocycles. The Morgan fingerprint density at radius 3 is 2.75 bits per heavy atom. The zero-order chi connectivity index (χ0) is 19.3. The maximum Gasteiger partial charge on any atom is 0.238 e. The van der Waals surface area contributed by atoms with Crippen LogP contribution in [0.3, 0.4) is 0 Å². The van der Waals surface area contributed by atoms with Crippen molar-refractivity contribution in [2.24, 2.45) is 7.05 Å². The van der Waals surface area contributed by atoms with E-state index in [2.05, 4.69) is 15.2 Å². The average Bonchev–Trinajstić information content (AvgIpc) is 3.35. The number of aliphatic hydroxyl groups is 1. The van der Waals surface area contributed by atoms with Crippen LogP contribution in [0.1, 0.15) is 31.5 Å². The predicted molar refractivity (Wildman–Crippen MR) is 101 cm³/mol. The third-order valence-electron chi connectivity index (χ3n) is 6.14. The van der Waals surface area contributed by atoms with Crippen LogP contribution in [0.25, 0.3) is 0 Å². The normalized spacial score (nSPS) is 28.5. The summed E-state index contributed by atoms with van der Waals surface area (Å²) in [4.78, 5) is 19.2. The molecule has 8 heteroatoms. The number of rotatable bonds is 4. The quantitative estimate of drug-likeness (QED) is 0.833. The van der Waals surface area contributed by atoms with E-state index in [9.17, 15) is 9.90 Å². The van der Waals surface area contributed by atoms with Crippen molar-refractivity contribution in [3.05, 3.63) is 36.4 Å². The lowest BCUT2D eigenvalue weighted by Crippen LogP contribution is -2.52. The Kier molecular flexibility index (Phi) is 4.06. The number of hydrogen-bond donors (Lipinski definition) is 2. The number of imidazole rings is 1. The molecule has 2 saturated heterocycles. The number of anilines is 1. The summed E-state index contributed by atoms with van der Waals surface area (Å²) in [5, 5.41) is 14.2. The Bertz CT molecular complexity index is 897. The molecule has 2 aromatic rings. The number of piperidine rings is 1. The Balaban J connectivity index is 1.26. The molecule has 2 bridgehead atoms. The number of ether oxygens (including phenoxy) is 2. The summed E-state index contributed by atoms with van der Waals surface area (Å²) in [6.45, 7) is 0.531. The fourth-order valence-corrected chi connectivity index (χ4v) is 4.91.